The third-order valence-electron chi connectivity index (χ3n) is 4.57. The van der Waals surface area contributed by atoms with Crippen molar-refractivity contribution in [1.82, 2.24) is 14.8 Å². The van der Waals surface area contributed by atoms with Crippen LogP contribution in [-0.4, -0.2) is 52.6 Å². The van der Waals surface area contributed by atoms with Gasteiger partial charge in [0.2, 0.25) is 0 Å². The number of phenols is 1. The number of pyridine rings is 1. The van der Waals surface area contributed by atoms with Crippen molar-refractivity contribution in [3.8, 4) is 5.75 Å². The van der Waals surface area contributed by atoms with E-state index in [9.17, 15) is 5.11 Å². The maximum absolute atomic E-state index is 9.49. The Hall–Kier alpha value is -1.62. The number of phenolic OH excluding ortho intramolecular Hbond substituents is 1. The molecule has 1 aromatic carbocycles. The highest BCUT2D eigenvalue weighted by atomic mass is 35.5. The number of rotatable bonds is 6. The van der Waals surface area contributed by atoms with E-state index in [0.717, 1.165) is 51.3 Å². The molecule has 0 amide bonds. The van der Waals surface area contributed by atoms with Crippen molar-refractivity contribution in [3.63, 3.8) is 0 Å². The minimum absolute atomic E-state index is 0.152. The second-order valence-corrected chi connectivity index (χ2v) is 6.77. The summed E-state index contributed by atoms with van der Waals surface area (Å²) in [4.78, 5) is 9.05. The van der Waals surface area contributed by atoms with Crippen LogP contribution in [0.2, 0.25) is 5.02 Å². The number of halogens is 1. The lowest BCUT2D eigenvalue weighted by molar-refractivity contribution is 0.126. The van der Waals surface area contributed by atoms with E-state index in [2.05, 4.69) is 26.9 Å². The van der Waals surface area contributed by atoms with Crippen LogP contribution >= 0.6 is 11.6 Å². The highest BCUT2D eigenvalue weighted by Crippen LogP contribution is 2.24. The molecule has 1 saturated heterocycles. The van der Waals surface area contributed by atoms with Crippen molar-refractivity contribution in [1.29, 1.82) is 0 Å². The van der Waals surface area contributed by atoms with E-state index in [0.29, 0.717) is 5.02 Å². The minimum atomic E-state index is 0.152. The summed E-state index contributed by atoms with van der Waals surface area (Å²) in [6, 6.07) is 9.68. The summed E-state index contributed by atoms with van der Waals surface area (Å²) in [5.74, 6) is 0.152. The Kier molecular flexibility index (Phi) is 6.07. The summed E-state index contributed by atoms with van der Waals surface area (Å²) in [5.41, 5.74) is 2.52. The zero-order chi connectivity index (χ0) is 16.8. The van der Waals surface area contributed by atoms with Gasteiger partial charge in [-0.1, -0.05) is 17.7 Å². The number of aromatic nitrogens is 1. The molecule has 0 saturated carbocycles. The van der Waals surface area contributed by atoms with Crippen LogP contribution in [0.15, 0.2) is 42.7 Å². The quantitative estimate of drug-likeness (QED) is 0.872. The van der Waals surface area contributed by atoms with Crippen LogP contribution in [0.1, 0.15) is 17.5 Å². The molecule has 4 nitrogen and oxygen atoms in total. The number of benzene rings is 1. The van der Waals surface area contributed by atoms with E-state index >= 15 is 0 Å². The minimum Gasteiger partial charge on any atom is -0.506 e. The van der Waals surface area contributed by atoms with Crippen LogP contribution in [0.25, 0.3) is 0 Å². The van der Waals surface area contributed by atoms with Crippen LogP contribution in [0, 0.1) is 0 Å². The van der Waals surface area contributed by atoms with Gasteiger partial charge < -0.3 is 10.0 Å². The Bertz CT molecular complexity index is 642. The van der Waals surface area contributed by atoms with E-state index in [1.54, 1.807) is 6.07 Å². The van der Waals surface area contributed by atoms with Crippen LogP contribution in [0.4, 0.5) is 0 Å². The average molecular weight is 346 g/mol. The lowest BCUT2D eigenvalue weighted by Crippen LogP contribution is -2.46. The zero-order valence-electron chi connectivity index (χ0n) is 13.9. The van der Waals surface area contributed by atoms with Crippen molar-refractivity contribution < 1.29 is 5.11 Å². The predicted octanol–water partition coefficient (Wildman–Crippen LogP) is 3.19. The molecule has 1 aromatic heterocycles. The van der Waals surface area contributed by atoms with Gasteiger partial charge in [-0.05, 0) is 54.8 Å². The smallest absolute Gasteiger partial charge is 0.134 e. The molecule has 1 aliphatic rings. The lowest BCUT2D eigenvalue weighted by atomic mass is 10.1. The normalized spacial score (nSPS) is 16.4. The van der Waals surface area contributed by atoms with Gasteiger partial charge >= 0.3 is 0 Å². The molecule has 1 aliphatic heterocycles. The largest absolute Gasteiger partial charge is 0.506 e. The average Bonchev–Trinajstić information content (AvgIpc) is 2.61. The molecule has 5 heteroatoms. The van der Waals surface area contributed by atoms with Crippen LogP contribution < -0.4 is 0 Å². The number of piperazine rings is 1. The third-order valence-corrected chi connectivity index (χ3v) is 4.88. The fraction of sp³-hybridized carbons (Fsp3) is 0.421. The van der Waals surface area contributed by atoms with E-state index in [1.165, 1.54) is 12.0 Å². The summed E-state index contributed by atoms with van der Waals surface area (Å²) in [7, 11) is 0. The molecule has 0 aliphatic carbocycles. The Morgan fingerprint density at radius 2 is 1.67 bits per heavy atom. The fourth-order valence-corrected chi connectivity index (χ4v) is 3.34. The van der Waals surface area contributed by atoms with Gasteiger partial charge in [0.05, 0.1) is 5.02 Å². The predicted molar refractivity (Wildman–Crippen MR) is 97.4 cm³/mol. The van der Waals surface area contributed by atoms with Crippen LogP contribution in [0.5, 0.6) is 5.75 Å². The topological polar surface area (TPSA) is 39.6 Å². The number of nitrogens with zero attached hydrogens (tertiary/aromatic N) is 3. The molecule has 0 unspecified atom stereocenters. The molecule has 2 aromatic rings. The molecule has 24 heavy (non-hydrogen) atoms. The molecule has 128 valence electrons. The standard InChI is InChI=1S/C19H24ClN3O/c20-18-14-17(3-4-19(18)24)15-23-12-10-22(11-13-23)9-1-2-16-5-7-21-8-6-16/h3-8,14,24H,1-2,9-13,15H2. The van der Waals surface area contributed by atoms with Gasteiger partial charge in [0, 0.05) is 45.1 Å². The first-order chi connectivity index (χ1) is 11.7. The Labute approximate surface area is 148 Å². The van der Waals surface area contributed by atoms with Crippen molar-refractivity contribution >= 4 is 11.6 Å². The molecule has 1 N–H and O–H groups in total. The SMILES string of the molecule is Oc1ccc(CN2CCN(CCCc3ccncc3)CC2)cc1Cl. The van der Waals surface area contributed by atoms with Gasteiger partial charge in [0.25, 0.3) is 0 Å². The van der Waals surface area contributed by atoms with Crippen molar-refractivity contribution in [2.75, 3.05) is 32.7 Å². The van der Waals surface area contributed by atoms with Gasteiger partial charge in [-0.2, -0.15) is 0 Å². The number of hydrogen-bond acceptors (Lipinski definition) is 4. The highest BCUT2D eigenvalue weighted by molar-refractivity contribution is 6.32. The van der Waals surface area contributed by atoms with Gasteiger partial charge in [0.1, 0.15) is 5.75 Å². The van der Waals surface area contributed by atoms with Gasteiger partial charge in [-0.25, -0.2) is 0 Å². The number of aromatic hydroxyl groups is 1. The first kappa shape index (κ1) is 17.2. The first-order valence-corrected chi connectivity index (χ1v) is 8.89. The van der Waals surface area contributed by atoms with Gasteiger partial charge in [-0.15, -0.1) is 0 Å². The first-order valence-electron chi connectivity index (χ1n) is 8.52. The van der Waals surface area contributed by atoms with E-state index in [1.807, 2.05) is 24.5 Å². The third kappa shape index (κ3) is 4.94. The van der Waals surface area contributed by atoms with Crippen molar-refractivity contribution in [2.45, 2.75) is 19.4 Å². The molecule has 3 rings (SSSR count). The summed E-state index contributed by atoms with van der Waals surface area (Å²) < 4.78 is 0. The Morgan fingerprint density at radius 3 is 2.38 bits per heavy atom. The molecular formula is C19H24ClN3O. The van der Waals surface area contributed by atoms with E-state index in [-0.39, 0.29) is 5.75 Å². The van der Waals surface area contributed by atoms with Crippen molar-refractivity contribution in [2.24, 2.45) is 0 Å². The van der Waals surface area contributed by atoms with Crippen molar-refractivity contribution in [3.05, 3.63) is 58.9 Å². The molecule has 1 fully saturated rings. The molecule has 0 atom stereocenters. The van der Waals surface area contributed by atoms with E-state index in [4.69, 9.17) is 11.6 Å². The fourth-order valence-electron chi connectivity index (χ4n) is 3.13. The maximum atomic E-state index is 9.49. The van der Waals surface area contributed by atoms with Gasteiger partial charge in [-0.3, -0.25) is 9.88 Å². The summed E-state index contributed by atoms with van der Waals surface area (Å²) in [5, 5.41) is 9.93. The number of aryl methyl sites for hydroxylation is 1. The summed E-state index contributed by atoms with van der Waals surface area (Å²) in [6.45, 7) is 6.43. The molecule has 0 spiro atoms. The molecule has 2 heterocycles. The second-order valence-electron chi connectivity index (χ2n) is 6.36. The van der Waals surface area contributed by atoms with E-state index < -0.39 is 0 Å². The Balaban J connectivity index is 1.38. The summed E-state index contributed by atoms with van der Waals surface area (Å²) >= 11 is 5.98. The molecule has 0 bridgehead atoms. The summed E-state index contributed by atoms with van der Waals surface area (Å²) in [6.07, 6.45) is 6.04. The maximum Gasteiger partial charge on any atom is 0.134 e. The monoisotopic (exact) mass is 345 g/mol. The van der Waals surface area contributed by atoms with Crippen LogP contribution in [-0.2, 0) is 13.0 Å². The van der Waals surface area contributed by atoms with Gasteiger partial charge in [0.15, 0.2) is 0 Å². The molecular weight excluding hydrogens is 322 g/mol. The lowest BCUT2D eigenvalue weighted by Gasteiger charge is -2.34. The second kappa shape index (κ2) is 8.47. The van der Waals surface area contributed by atoms with Crippen LogP contribution in [0.3, 0.4) is 0 Å². The Morgan fingerprint density at radius 1 is 0.958 bits per heavy atom. The number of hydrogen-bond donors (Lipinski definition) is 1. The molecule has 0 radical (unpaired) electrons. The highest BCUT2D eigenvalue weighted by Gasteiger charge is 2.16. The zero-order valence-corrected chi connectivity index (χ0v) is 14.6.